The highest BCUT2D eigenvalue weighted by Crippen LogP contribution is 2.20. The second kappa shape index (κ2) is 9.07. The Balaban J connectivity index is 1.39. The van der Waals surface area contributed by atoms with Crippen LogP contribution in [0.3, 0.4) is 0 Å². The first-order valence-corrected chi connectivity index (χ1v) is 9.34. The number of nitrogens with zero attached hydrogens (tertiary/aromatic N) is 1. The molecule has 2 aromatic rings. The molecule has 3 rings (SSSR count). The van der Waals surface area contributed by atoms with E-state index in [-0.39, 0.29) is 11.9 Å². The number of para-hydroxylation sites is 1. The van der Waals surface area contributed by atoms with E-state index in [1.54, 1.807) is 24.3 Å². The molecule has 1 aliphatic carbocycles. The molecule has 0 unspecified atom stereocenters. The van der Waals surface area contributed by atoms with Crippen LogP contribution in [-0.4, -0.2) is 38.1 Å². The van der Waals surface area contributed by atoms with E-state index < -0.39 is 0 Å². The van der Waals surface area contributed by atoms with Crippen molar-refractivity contribution >= 4 is 23.3 Å². The zero-order valence-corrected chi connectivity index (χ0v) is 15.6. The summed E-state index contributed by atoms with van der Waals surface area (Å²) in [6.07, 6.45) is 2.93. The van der Waals surface area contributed by atoms with Crippen molar-refractivity contribution in [3.05, 3.63) is 60.2 Å². The number of carbonyl (C=O) groups is 2. The summed E-state index contributed by atoms with van der Waals surface area (Å²) in [6, 6.07) is 17.2. The standard InChI is InChI=1S/C21H26N4O2/c1-25(19-9-3-2-4-10-19)14-6-13-22-21(27)24-18-8-5-7-16(15-18)20(26)23-17-11-12-17/h2-5,7-10,15,17H,6,11-14H2,1H3,(H,23,26)(H2,22,24,27). The Morgan fingerprint density at radius 3 is 2.59 bits per heavy atom. The molecule has 6 heteroatoms. The summed E-state index contributed by atoms with van der Waals surface area (Å²) in [5.74, 6) is -0.0921. The SMILES string of the molecule is CN(CCCNC(=O)Nc1cccc(C(=O)NC2CC2)c1)c1ccccc1. The van der Waals surface area contributed by atoms with Gasteiger partial charge in [-0.2, -0.15) is 0 Å². The molecule has 3 amide bonds. The minimum atomic E-state index is -0.267. The highest BCUT2D eigenvalue weighted by atomic mass is 16.2. The van der Waals surface area contributed by atoms with E-state index in [1.807, 2.05) is 25.2 Å². The molecule has 142 valence electrons. The van der Waals surface area contributed by atoms with Crippen molar-refractivity contribution in [2.24, 2.45) is 0 Å². The van der Waals surface area contributed by atoms with Crippen LogP contribution in [0.25, 0.3) is 0 Å². The van der Waals surface area contributed by atoms with Crippen LogP contribution >= 0.6 is 0 Å². The van der Waals surface area contributed by atoms with Crippen molar-refractivity contribution in [2.75, 3.05) is 30.4 Å². The molecule has 0 radical (unpaired) electrons. The lowest BCUT2D eigenvalue weighted by Crippen LogP contribution is -2.31. The summed E-state index contributed by atoms with van der Waals surface area (Å²) in [5, 5.41) is 8.58. The highest BCUT2D eigenvalue weighted by molar-refractivity contribution is 5.97. The molecule has 1 fully saturated rings. The number of urea groups is 1. The molecular weight excluding hydrogens is 340 g/mol. The molecule has 0 bridgehead atoms. The molecule has 6 nitrogen and oxygen atoms in total. The zero-order chi connectivity index (χ0) is 19.1. The lowest BCUT2D eigenvalue weighted by Gasteiger charge is -2.19. The maximum Gasteiger partial charge on any atom is 0.319 e. The average Bonchev–Trinajstić information content (AvgIpc) is 3.50. The van der Waals surface area contributed by atoms with Gasteiger partial charge in [-0.1, -0.05) is 24.3 Å². The maximum absolute atomic E-state index is 12.1. The molecule has 0 spiro atoms. The number of amides is 3. The molecule has 27 heavy (non-hydrogen) atoms. The first kappa shape index (κ1) is 18.8. The topological polar surface area (TPSA) is 73.5 Å². The van der Waals surface area contributed by atoms with Gasteiger partial charge in [0.1, 0.15) is 0 Å². The van der Waals surface area contributed by atoms with E-state index in [2.05, 4.69) is 33.0 Å². The molecule has 1 saturated carbocycles. The van der Waals surface area contributed by atoms with E-state index in [4.69, 9.17) is 0 Å². The summed E-state index contributed by atoms with van der Waals surface area (Å²) in [6.45, 7) is 1.42. The zero-order valence-electron chi connectivity index (χ0n) is 15.6. The van der Waals surface area contributed by atoms with E-state index in [0.29, 0.717) is 23.8 Å². The Kier molecular flexibility index (Phi) is 6.30. The van der Waals surface area contributed by atoms with Crippen LogP contribution in [0.15, 0.2) is 54.6 Å². The van der Waals surface area contributed by atoms with E-state index in [9.17, 15) is 9.59 Å². The van der Waals surface area contributed by atoms with E-state index >= 15 is 0 Å². The third kappa shape index (κ3) is 6.02. The van der Waals surface area contributed by atoms with Crippen molar-refractivity contribution in [1.82, 2.24) is 10.6 Å². The fourth-order valence-corrected chi connectivity index (χ4v) is 2.74. The second-order valence-corrected chi connectivity index (χ2v) is 6.82. The van der Waals surface area contributed by atoms with Gasteiger partial charge in [-0.3, -0.25) is 4.79 Å². The predicted molar refractivity (Wildman–Crippen MR) is 108 cm³/mol. The molecular formula is C21H26N4O2. The lowest BCUT2D eigenvalue weighted by molar-refractivity contribution is 0.0951. The van der Waals surface area contributed by atoms with Crippen molar-refractivity contribution in [3.63, 3.8) is 0 Å². The average molecular weight is 366 g/mol. The molecule has 1 aliphatic rings. The lowest BCUT2D eigenvalue weighted by atomic mass is 10.2. The quantitative estimate of drug-likeness (QED) is 0.628. The predicted octanol–water partition coefficient (Wildman–Crippen LogP) is 3.23. The fourth-order valence-electron chi connectivity index (χ4n) is 2.74. The smallest absolute Gasteiger partial charge is 0.319 e. The second-order valence-electron chi connectivity index (χ2n) is 6.82. The van der Waals surface area contributed by atoms with Crippen LogP contribution < -0.4 is 20.9 Å². The minimum absolute atomic E-state index is 0.0921. The normalized spacial score (nSPS) is 12.9. The van der Waals surface area contributed by atoms with Gasteiger partial charge in [-0.05, 0) is 49.6 Å². The Morgan fingerprint density at radius 2 is 1.85 bits per heavy atom. The molecule has 2 aromatic carbocycles. The van der Waals surface area contributed by atoms with Crippen LogP contribution in [0.1, 0.15) is 29.6 Å². The Labute approximate surface area is 159 Å². The van der Waals surface area contributed by atoms with Gasteiger partial charge < -0.3 is 20.9 Å². The number of anilines is 2. The number of carbonyl (C=O) groups excluding carboxylic acids is 2. The summed E-state index contributed by atoms with van der Waals surface area (Å²) in [7, 11) is 2.04. The van der Waals surface area contributed by atoms with Gasteiger partial charge in [0.25, 0.3) is 5.91 Å². The Morgan fingerprint density at radius 1 is 1.07 bits per heavy atom. The summed E-state index contributed by atoms with van der Waals surface area (Å²) < 4.78 is 0. The maximum atomic E-state index is 12.1. The Hall–Kier alpha value is -3.02. The van der Waals surface area contributed by atoms with Gasteiger partial charge in [-0.15, -0.1) is 0 Å². The van der Waals surface area contributed by atoms with Crippen molar-refractivity contribution < 1.29 is 9.59 Å². The third-order valence-corrected chi connectivity index (χ3v) is 4.45. The molecule has 0 aromatic heterocycles. The van der Waals surface area contributed by atoms with E-state index in [0.717, 1.165) is 31.5 Å². The van der Waals surface area contributed by atoms with E-state index in [1.165, 1.54) is 0 Å². The number of hydrogen-bond donors (Lipinski definition) is 3. The summed E-state index contributed by atoms with van der Waals surface area (Å²) in [5.41, 5.74) is 2.32. The minimum Gasteiger partial charge on any atom is -0.375 e. The molecule has 0 atom stereocenters. The van der Waals surface area contributed by atoms with Crippen LogP contribution in [-0.2, 0) is 0 Å². The Bertz CT molecular complexity index is 775. The first-order chi connectivity index (χ1) is 13.1. The largest absolute Gasteiger partial charge is 0.375 e. The first-order valence-electron chi connectivity index (χ1n) is 9.34. The van der Waals surface area contributed by atoms with Gasteiger partial charge in [0, 0.05) is 43.1 Å². The number of hydrogen-bond acceptors (Lipinski definition) is 3. The van der Waals surface area contributed by atoms with Gasteiger partial charge in [0.05, 0.1) is 0 Å². The molecule has 0 aliphatic heterocycles. The molecule has 0 saturated heterocycles. The van der Waals surface area contributed by atoms with Crippen LogP contribution in [0.2, 0.25) is 0 Å². The van der Waals surface area contributed by atoms with Gasteiger partial charge in [0.15, 0.2) is 0 Å². The van der Waals surface area contributed by atoms with Crippen molar-refractivity contribution in [2.45, 2.75) is 25.3 Å². The van der Waals surface area contributed by atoms with Crippen LogP contribution in [0.5, 0.6) is 0 Å². The number of benzene rings is 2. The van der Waals surface area contributed by atoms with Crippen LogP contribution in [0.4, 0.5) is 16.2 Å². The third-order valence-electron chi connectivity index (χ3n) is 4.45. The fraction of sp³-hybridized carbons (Fsp3) is 0.333. The monoisotopic (exact) mass is 366 g/mol. The van der Waals surface area contributed by atoms with Gasteiger partial charge in [-0.25, -0.2) is 4.79 Å². The molecule has 0 heterocycles. The number of nitrogens with one attached hydrogen (secondary N) is 3. The van der Waals surface area contributed by atoms with Gasteiger partial charge in [0.2, 0.25) is 0 Å². The van der Waals surface area contributed by atoms with Crippen molar-refractivity contribution in [1.29, 1.82) is 0 Å². The van der Waals surface area contributed by atoms with Gasteiger partial charge >= 0.3 is 6.03 Å². The highest BCUT2D eigenvalue weighted by Gasteiger charge is 2.23. The summed E-state index contributed by atoms with van der Waals surface area (Å²) in [4.78, 5) is 26.3. The molecule has 3 N–H and O–H groups in total. The van der Waals surface area contributed by atoms with Crippen molar-refractivity contribution in [3.8, 4) is 0 Å². The summed E-state index contributed by atoms with van der Waals surface area (Å²) >= 11 is 0. The number of rotatable bonds is 8. The van der Waals surface area contributed by atoms with Crippen LogP contribution in [0, 0.1) is 0 Å².